The molecule has 4 aromatic rings. The van der Waals surface area contributed by atoms with Crippen LogP contribution in [0.5, 0.6) is 0 Å². The highest BCUT2D eigenvalue weighted by Crippen LogP contribution is 2.36. The molecule has 3 aromatic carbocycles. The van der Waals surface area contributed by atoms with Gasteiger partial charge < -0.3 is 10.6 Å². The Morgan fingerprint density at radius 3 is 2.03 bits per heavy atom. The van der Waals surface area contributed by atoms with Crippen molar-refractivity contribution in [2.45, 2.75) is 32.9 Å². The number of rotatable bonds is 9. The van der Waals surface area contributed by atoms with E-state index < -0.39 is 6.04 Å². The van der Waals surface area contributed by atoms with Crippen molar-refractivity contribution in [2.24, 2.45) is 11.7 Å². The van der Waals surface area contributed by atoms with E-state index in [0.717, 1.165) is 22.2 Å². The molecule has 7 heteroatoms. The number of amides is 1. The SMILES string of the molecule is CC(C)C[C@H](N)C(=O)N(Cc1csc(N(c2ccccc2)c2ccccc2)n1)c1ccc(F)cc1. The third kappa shape index (κ3) is 6.12. The van der Waals surface area contributed by atoms with Crippen molar-refractivity contribution < 1.29 is 9.18 Å². The molecule has 0 aliphatic carbocycles. The standard InChI is InChI=1S/C28H29FN4OS/c1-20(2)17-26(30)27(34)32(23-15-13-21(29)14-16-23)18-22-19-35-28(31-22)33(24-9-5-3-6-10-24)25-11-7-4-8-12-25/h3-16,19-20,26H,17-18,30H2,1-2H3/t26-/m0/s1. The van der Waals surface area contributed by atoms with E-state index in [1.165, 1.54) is 23.5 Å². The molecule has 0 radical (unpaired) electrons. The Morgan fingerprint density at radius 2 is 1.49 bits per heavy atom. The minimum absolute atomic E-state index is 0.206. The highest BCUT2D eigenvalue weighted by atomic mass is 32.1. The Kier molecular flexibility index (Phi) is 7.90. The van der Waals surface area contributed by atoms with E-state index in [2.05, 4.69) is 4.90 Å². The molecule has 2 N–H and O–H groups in total. The van der Waals surface area contributed by atoms with Gasteiger partial charge in [0.25, 0.3) is 0 Å². The molecule has 0 spiro atoms. The van der Waals surface area contributed by atoms with E-state index >= 15 is 0 Å². The number of hydrogen-bond donors (Lipinski definition) is 1. The number of thiazole rings is 1. The van der Waals surface area contributed by atoms with Gasteiger partial charge in [0.15, 0.2) is 5.13 Å². The van der Waals surface area contributed by atoms with Gasteiger partial charge in [0.05, 0.1) is 18.3 Å². The van der Waals surface area contributed by atoms with E-state index in [-0.39, 0.29) is 24.2 Å². The largest absolute Gasteiger partial charge is 0.320 e. The van der Waals surface area contributed by atoms with Crippen LogP contribution in [0.15, 0.2) is 90.3 Å². The first-order valence-corrected chi connectivity index (χ1v) is 12.5. The van der Waals surface area contributed by atoms with Crippen molar-refractivity contribution in [3.05, 3.63) is 102 Å². The molecule has 1 aromatic heterocycles. The lowest BCUT2D eigenvalue weighted by Gasteiger charge is -2.26. The van der Waals surface area contributed by atoms with Gasteiger partial charge in [-0.15, -0.1) is 11.3 Å². The zero-order chi connectivity index (χ0) is 24.8. The van der Waals surface area contributed by atoms with Gasteiger partial charge in [-0.05, 0) is 60.9 Å². The molecule has 1 amide bonds. The second kappa shape index (κ2) is 11.3. The van der Waals surface area contributed by atoms with Crippen molar-refractivity contribution in [1.82, 2.24) is 4.98 Å². The first-order chi connectivity index (χ1) is 16.9. The number of carbonyl (C=O) groups is 1. The maximum absolute atomic E-state index is 13.6. The summed E-state index contributed by atoms with van der Waals surface area (Å²) in [6, 6.07) is 25.3. The first-order valence-electron chi connectivity index (χ1n) is 11.6. The fourth-order valence-electron chi connectivity index (χ4n) is 3.88. The predicted molar refractivity (Wildman–Crippen MR) is 142 cm³/mol. The molecule has 0 aliphatic rings. The lowest BCUT2D eigenvalue weighted by atomic mass is 10.0. The van der Waals surface area contributed by atoms with Crippen LogP contribution in [0.25, 0.3) is 0 Å². The van der Waals surface area contributed by atoms with Crippen LogP contribution in [0.4, 0.5) is 26.6 Å². The molecule has 0 bridgehead atoms. The van der Waals surface area contributed by atoms with Crippen LogP contribution >= 0.6 is 11.3 Å². The number of aromatic nitrogens is 1. The molecule has 0 saturated heterocycles. The average molecular weight is 489 g/mol. The van der Waals surface area contributed by atoms with E-state index in [1.54, 1.807) is 17.0 Å². The summed E-state index contributed by atoms with van der Waals surface area (Å²) in [6.07, 6.45) is 0.564. The van der Waals surface area contributed by atoms with Crippen LogP contribution in [0.2, 0.25) is 0 Å². The lowest BCUT2D eigenvalue weighted by molar-refractivity contribution is -0.120. The van der Waals surface area contributed by atoms with Crippen molar-refractivity contribution in [2.75, 3.05) is 9.80 Å². The number of nitrogens with zero attached hydrogens (tertiary/aromatic N) is 3. The van der Waals surface area contributed by atoms with Gasteiger partial charge in [-0.1, -0.05) is 50.2 Å². The molecule has 0 saturated carbocycles. The van der Waals surface area contributed by atoms with Crippen LogP contribution < -0.4 is 15.5 Å². The Balaban J connectivity index is 1.66. The fraction of sp³-hybridized carbons (Fsp3) is 0.214. The molecular formula is C28H29FN4OS. The summed E-state index contributed by atoms with van der Waals surface area (Å²) in [5.74, 6) is -0.284. The molecule has 0 unspecified atom stereocenters. The molecule has 0 aliphatic heterocycles. The number of para-hydroxylation sites is 2. The van der Waals surface area contributed by atoms with Crippen LogP contribution in [-0.4, -0.2) is 16.9 Å². The van der Waals surface area contributed by atoms with E-state index in [9.17, 15) is 9.18 Å². The minimum Gasteiger partial charge on any atom is -0.320 e. The van der Waals surface area contributed by atoms with Gasteiger partial charge in [-0.3, -0.25) is 9.69 Å². The van der Waals surface area contributed by atoms with Gasteiger partial charge in [0.2, 0.25) is 5.91 Å². The molecule has 1 atom stereocenters. The topological polar surface area (TPSA) is 62.5 Å². The Labute approximate surface area is 209 Å². The smallest absolute Gasteiger partial charge is 0.244 e. The second-order valence-electron chi connectivity index (χ2n) is 8.76. The highest BCUT2D eigenvalue weighted by Gasteiger charge is 2.25. The van der Waals surface area contributed by atoms with Gasteiger partial charge in [-0.25, -0.2) is 9.37 Å². The van der Waals surface area contributed by atoms with Gasteiger partial charge in [0.1, 0.15) is 5.82 Å². The zero-order valence-electron chi connectivity index (χ0n) is 19.8. The van der Waals surface area contributed by atoms with Crippen LogP contribution in [0.3, 0.4) is 0 Å². The highest BCUT2D eigenvalue weighted by molar-refractivity contribution is 7.14. The average Bonchev–Trinajstić information content (AvgIpc) is 3.32. The monoisotopic (exact) mass is 488 g/mol. The number of hydrogen-bond acceptors (Lipinski definition) is 5. The Bertz CT molecular complexity index is 1190. The quantitative estimate of drug-likeness (QED) is 0.286. The number of carbonyl (C=O) groups excluding carboxylic acids is 1. The first kappa shape index (κ1) is 24.6. The summed E-state index contributed by atoms with van der Waals surface area (Å²) >= 11 is 1.50. The molecular weight excluding hydrogens is 459 g/mol. The van der Waals surface area contributed by atoms with E-state index in [0.29, 0.717) is 12.1 Å². The number of benzene rings is 3. The molecule has 180 valence electrons. The van der Waals surface area contributed by atoms with Gasteiger partial charge in [0, 0.05) is 22.4 Å². The summed E-state index contributed by atoms with van der Waals surface area (Å²) in [5.41, 5.74) is 9.56. The fourth-order valence-corrected chi connectivity index (χ4v) is 4.74. The van der Waals surface area contributed by atoms with Crippen molar-refractivity contribution >= 4 is 39.4 Å². The second-order valence-corrected chi connectivity index (χ2v) is 9.60. The molecule has 35 heavy (non-hydrogen) atoms. The third-order valence-electron chi connectivity index (χ3n) is 5.53. The predicted octanol–water partition coefficient (Wildman–Crippen LogP) is 6.66. The van der Waals surface area contributed by atoms with E-state index in [1.807, 2.05) is 79.9 Å². The van der Waals surface area contributed by atoms with Crippen LogP contribution in [0.1, 0.15) is 26.0 Å². The summed E-state index contributed by atoms with van der Waals surface area (Å²) in [5, 5.41) is 2.74. The molecule has 5 nitrogen and oxygen atoms in total. The number of halogens is 1. The minimum atomic E-state index is -0.650. The summed E-state index contributed by atoms with van der Waals surface area (Å²) in [4.78, 5) is 21.9. The van der Waals surface area contributed by atoms with Crippen LogP contribution in [-0.2, 0) is 11.3 Å². The maximum atomic E-state index is 13.6. The summed E-state index contributed by atoms with van der Waals surface area (Å²) in [7, 11) is 0. The Morgan fingerprint density at radius 1 is 0.914 bits per heavy atom. The number of nitrogens with two attached hydrogens (primary N) is 1. The number of anilines is 4. The van der Waals surface area contributed by atoms with Crippen molar-refractivity contribution in [1.29, 1.82) is 0 Å². The maximum Gasteiger partial charge on any atom is 0.244 e. The lowest BCUT2D eigenvalue weighted by Crippen LogP contribution is -2.44. The zero-order valence-corrected chi connectivity index (χ0v) is 20.7. The van der Waals surface area contributed by atoms with Crippen molar-refractivity contribution in [3.8, 4) is 0 Å². The van der Waals surface area contributed by atoms with E-state index in [4.69, 9.17) is 10.7 Å². The summed E-state index contributed by atoms with van der Waals surface area (Å²) < 4.78 is 13.6. The molecule has 0 fully saturated rings. The summed E-state index contributed by atoms with van der Waals surface area (Å²) in [6.45, 7) is 4.30. The Hall–Kier alpha value is -3.55. The van der Waals surface area contributed by atoms with Crippen LogP contribution in [0, 0.1) is 11.7 Å². The van der Waals surface area contributed by atoms with Crippen molar-refractivity contribution in [3.63, 3.8) is 0 Å². The third-order valence-corrected chi connectivity index (χ3v) is 6.40. The van der Waals surface area contributed by atoms with Gasteiger partial charge >= 0.3 is 0 Å². The normalized spacial score (nSPS) is 11.9. The van der Waals surface area contributed by atoms with Gasteiger partial charge in [-0.2, -0.15) is 0 Å². The molecule has 1 heterocycles. The molecule has 4 rings (SSSR count).